The molecule has 0 radical (unpaired) electrons. The fraction of sp³-hybridized carbons (Fsp3) is 0.100. The molecule has 3 aromatic heterocycles. The van der Waals surface area contributed by atoms with E-state index in [9.17, 15) is 0 Å². The van der Waals surface area contributed by atoms with Crippen LogP contribution in [0, 0.1) is 0 Å². The molecule has 3 aromatic rings. The Morgan fingerprint density at radius 2 is 1.79 bits per heavy atom. The summed E-state index contributed by atoms with van der Waals surface area (Å²) >= 11 is 17.5. The third-order valence-electron chi connectivity index (χ3n) is 2.43. The predicted octanol–water partition coefficient (Wildman–Crippen LogP) is 2.62. The molecule has 0 aliphatic heterocycles. The molecule has 6 nitrogen and oxygen atoms in total. The van der Waals surface area contributed by atoms with E-state index in [0.29, 0.717) is 18.0 Å². The number of imidazole rings is 1. The molecule has 0 unspecified atom stereocenters. The van der Waals surface area contributed by atoms with Crippen molar-refractivity contribution in [1.82, 2.24) is 29.5 Å². The van der Waals surface area contributed by atoms with Crippen LogP contribution in [0.25, 0.3) is 11.2 Å². The van der Waals surface area contributed by atoms with Gasteiger partial charge in [0.2, 0.25) is 0 Å². The van der Waals surface area contributed by atoms with Crippen LogP contribution >= 0.6 is 34.8 Å². The topological polar surface area (TPSA) is 69.4 Å². The Morgan fingerprint density at radius 3 is 2.53 bits per heavy atom. The van der Waals surface area contributed by atoms with Crippen molar-refractivity contribution in [2.24, 2.45) is 0 Å². The van der Waals surface area contributed by atoms with Crippen molar-refractivity contribution in [3.63, 3.8) is 0 Å². The van der Waals surface area contributed by atoms with Gasteiger partial charge in [0.1, 0.15) is 16.9 Å². The van der Waals surface area contributed by atoms with Gasteiger partial charge in [-0.3, -0.25) is 0 Å². The standard InChI is InChI=1S/C10H5Cl3N6/c11-7-8(12)17-6(18-9(7)13)2-19-4-16-10-5(19)1-14-3-15-10/h1,3-4H,2H2. The van der Waals surface area contributed by atoms with E-state index >= 15 is 0 Å². The van der Waals surface area contributed by atoms with E-state index in [1.165, 1.54) is 6.33 Å². The Balaban J connectivity index is 2.01. The van der Waals surface area contributed by atoms with Crippen molar-refractivity contribution in [2.75, 3.05) is 0 Å². The highest BCUT2D eigenvalue weighted by Crippen LogP contribution is 2.26. The molecule has 3 rings (SSSR count). The third kappa shape index (κ3) is 2.34. The van der Waals surface area contributed by atoms with Crippen LogP contribution in [0.4, 0.5) is 0 Å². The van der Waals surface area contributed by atoms with E-state index in [-0.39, 0.29) is 15.3 Å². The summed E-state index contributed by atoms with van der Waals surface area (Å²) in [6.07, 6.45) is 4.72. The molecule has 19 heavy (non-hydrogen) atoms. The van der Waals surface area contributed by atoms with Crippen LogP contribution in [0.1, 0.15) is 5.82 Å². The molecule has 0 aliphatic rings. The van der Waals surface area contributed by atoms with Gasteiger partial charge in [0.05, 0.1) is 19.1 Å². The lowest BCUT2D eigenvalue weighted by Gasteiger charge is -2.05. The molecule has 0 aromatic carbocycles. The first kappa shape index (κ1) is 12.5. The van der Waals surface area contributed by atoms with Crippen LogP contribution in [-0.2, 0) is 6.54 Å². The lowest BCUT2D eigenvalue weighted by atomic mass is 10.5. The van der Waals surface area contributed by atoms with E-state index < -0.39 is 0 Å². The van der Waals surface area contributed by atoms with Gasteiger partial charge < -0.3 is 4.57 Å². The highest BCUT2D eigenvalue weighted by atomic mass is 35.5. The Kier molecular flexibility index (Phi) is 3.22. The lowest BCUT2D eigenvalue weighted by molar-refractivity contribution is 0.762. The first-order valence-corrected chi connectivity index (χ1v) is 6.27. The van der Waals surface area contributed by atoms with Crippen molar-refractivity contribution in [3.05, 3.63) is 40.0 Å². The van der Waals surface area contributed by atoms with Crippen molar-refractivity contribution < 1.29 is 0 Å². The van der Waals surface area contributed by atoms with E-state index in [1.807, 2.05) is 0 Å². The highest BCUT2D eigenvalue weighted by molar-refractivity contribution is 6.46. The van der Waals surface area contributed by atoms with Crippen LogP contribution in [0.5, 0.6) is 0 Å². The molecule has 9 heteroatoms. The number of nitrogens with zero attached hydrogens (tertiary/aromatic N) is 6. The molecule has 0 atom stereocenters. The number of aromatic nitrogens is 6. The molecule has 0 saturated heterocycles. The molecule has 0 spiro atoms. The Hall–Kier alpha value is -1.50. The molecule has 0 amide bonds. The number of hydrogen-bond acceptors (Lipinski definition) is 5. The minimum Gasteiger partial charge on any atom is -0.320 e. The summed E-state index contributed by atoms with van der Waals surface area (Å²) in [5.41, 5.74) is 1.37. The van der Waals surface area contributed by atoms with E-state index in [0.717, 1.165) is 5.52 Å². The van der Waals surface area contributed by atoms with Crippen molar-refractivity contribution >= 4 is 46.0 Å². The molecule has 0 N–H and O–H groups in total. The molecule has 0 bridgehead atoms. The van der Waals surface area contributed by atoms with Crippen LogP contribution in [0.15, 0.2) is 18.9 Å². The van der Waals surface area contributed by atoms with Crippen molar-refractivity contribution in [3.8, 4) is 0 Å². The van der Waals surface area contributed by atoms with Gasteiger partial charge in [-0.05, 0) is 0 Å². The van der Waals surface area contributed by atoms with Gasteiger partial charge in [0, 0.05) is 0 Å². The van der Waals surface area contributed by atoms with Gasteiger partial charge >= 0.3 is 0 Å². The molecule has 96 valence electrons. The van der Waals surface area contributed by atoms with Gasteiger partial charge in [-0.15, -0.1) is 0 Å². The maximum Gasteiger partial charge on any atom is 0.180 e. The lowest BCUT2D eigenvalue weighted by Crippen LogP contribution is -2.04. The summed E-state index contributed by atoms with van der Waals surface area (Å²) in [7, 11) is 0. The zero-order chi connectivity index (χ0) is 13.4. The molecule has 0 aliphatic carbocycles. The quantitative estimate of drug-likeness (QED) is 0.680. The summed E-state index contributed by atoms with van der Waals surface area (Å²) in [6.45, 7) is 0.348. The van der Waals surface area contributed by atoms with Gasteiger partial charge in [-0.1, -0.05) is 34.8 Å². The average molecular weight is 316 g/mol. The second kappa shape index (κ2) is 4.88. The molecule has 0 fully saturated rings. The van der Waals surface area contributed by atoms with Gasteiger partial charge in [-0.2, -0.15) is 0 Å². The summed E-state index contributed by atoms with van der Waals surface area (Å²) in [5.74, 6) is 0.433. The zero-order valence-electron chi connectivity index (χ0n) is 9.26. The largest absolute Gasteiger partial charge is 0.320 e. The third-order valence-corrected chi connectivity index (χ3v) is 3.53. The smallest absolute Gasteiger partial charge is 0.180 e. The van der Waals surface area contributed by atoms with E-state index in [2.05, 4.69) is 24.9 Å². The Labute approximate surface area is 122 Å². The predicted molar refractivity (Wildman–Crippen MR) is 71.5 cm³/mol. The van der Waals surface area contributed by atoms with E-state index in [1.54, 1.807) is 17.1 Å². The molecule has 0 saturated carbocycles. The van der Waals surface area contributed by atoms with Crippen molar-refractivity contribution in [2.45, 2.75) is 6.54 Å². The summed E-state index contributed by atoms with van der Waals surface area (Å²) in [5, 5.41) is 0.389. The normalized spacial score (nSPS) is 11.1. The monoisotopic (exact) mass is 314 g/mol. The Bertz CT molecular complexity index is 733. The number of hydrogen-bond donors (Lipinski definition) is 0. The minimum atomic E-state index is 0.123. The second-order valence-corrected chi connectivity index (χ2v) is 4.73. The van der Waals surface area contributed by atoms with E-state index in [4.69, 9.17) is 34.8 Å². The zero-order valence-corrected chi connectivity index (χ0v) is 11.5. The molecular formula is C10H5Cl3N6. The van der Waals surface area contributed by atoms with Gasteiger partial charge in [-0.25, -0.2) is 24.9 Å². The Morgan fingerprint density at radius 1 is 1.05 bits per heavy atom. The maximum atomic E-state index is 5.86. The molecular weight excluding hydrogens is 311 g/mol. The minimum absolute atomic E-state index is 0.123. The average Bonchev–Trinajstić information content (AvgIpc) is 2.79. The fourth-order valence-corrected chi connectivity index (χ4v) is 2.10. The fourth-order valence-electron chi connectivity index (χ4n) is 1.59. The summed E-state index contributed by atoms with van der Waals surface area (Å²) < 4.78 is 1.80. The summed E-state index contributed by atoms with van der Waals surface area (Å²) in [4.78, 5) is 20.3. The summed E-state index contributed by atoms with van der Waals surface area (Å²) in [6, 6.07) is 0. The number of fused-ring (bicyclic) bond motifs is 1. The van der Waals surface area contributed by atoms with Crippen LogP contribution in [0.2, 0.25) is 15.3 Å². The second-order valence-electron chi connectivity index (χ2n) is 3.64. The number of halogens is 3. The van der Waals surface area contributed by atoms with Crippen molar-refractivity contribution in [1.29, 1.82) is 0 Å². The first-order valence-electron chi connectivity index (χ1n) is 5.13. The van der Waals surface area contributed by atoms with Crippen LogP contribution < -0.4 is 0 Å². The maximum absolute atomic E-state index is 5.86. The molecule has 3 heterocycles. The first-order chi connectivity index (χ1) is 9.15. The van der Waals surface area contributed by atoms with Crippen LogP contribution in [-0.4, -0.2) is 29.5 Å². The van der Waals surface area contributed by atoms with Gasteiger partial charge in [0.15, 0.2) is 21.8 Å². The highest BCUT2D eigenvalue weighted by Gasteiger charge is 2.11. The van der Waals surface area contributed by atoms with Crippen LogP contribution in [0.3, 0.4) is 0 Å². The van der Waals surface area contributed by atoms with Gasteiger partial charge in [0.25, 0.3) is 0 Å². The SMILES string of the molecule is Clc1nc(Cn2cnc3ncncc32)nc(Cl)c1Cl. The number of rotatable bonds is 2.